The molecule has 0 radical (unpaired) electrons. The van der Waals surface area contributed by atoms with Crippen LogP contribution in [0.15, 0.2) is 71.6 Å². The number of anilines is 5. The zero-order valence-corrected chi connectivity index (χ0v) is 40.0. The molecule has 2 amide bonds. The summed E-state index contributed by atoms with van der Waals surface area (Å²) in [5, 5.41) is 14.3. The highest BCUT2D eigenvalue weighted by Crippen LogP contribution is 2.44. The van der Waals surface area contributed by atoms with Crippen molar-refractivity contribution >= 4 is 69.0 Å². The van der Waals surface area contributed by atoms with Gasteiger partial charge in [-0.1, -0.05) is 12.1 Å². The molecule has 4 fully saturated rings. The molecule has 18 heteroatoms. The first-order valence-corrected chi connectivity index (χ1v) is 26.2. The van der Waals surface area contributed by atoms with Gasteiger partial charge in [-0.3, -0.25) is 24.5 Å². The number of imide groups is 1. The third-order valence-corrected chi connectivity index (χ3v) is 15.5. The Balaban J connectivity index is 0.868. The minimum absolute atomic E-state index is 0.0617. The average molecular weight is 986 g/mol. The normalized spacial score (nSPS) is 19.1. The molecule has 1 unspecified atom stereocenters. The van der Waals surface area contributed by atoms with Crippen LogP contribution in [0, 0.1) is 11.6 Å². The van der Waals surface area contributed by atoms with Crippen LogP contribution in [0.3, 0.4) is 0 Å². The van der Waals surface area contributed by atoms with Gasteiger partial charge >= 0.3 is 0 Å². The first-order valence-electron chi connectivity index (χ1n) is 22.8. The van der Waals surface area contributed by atoms with Crippen molar-refractivity contribution in [3.63, 3.8) is 0 Å². The summed E-state index contributed by atoms with van der Waals surface area (Å²) >= 11 is 3.61. The Morgan fingerprint density at radius 3 is 2.32 bits per heavy atom. The summed E-state index contributed by atoms with van der Waals surface area (Å²) in [6, 6.07) is 15.0. The number of piperidine rings is 2. The molecule has 2 aromatic heterocycles. The lowest BCUT2D eigenvalue weighted by atomic mass is 9.89. The molecule has 5 aromatic rings. The van der Waals surface area contributed by atoms with E-state index in [0.29, 0.717) is 40.8 Å². The third-order valence-electron chi connectivity index (χ3n) is 13.4. The number of para-hydroxylation sites is 1. The van der Waals surface area contributed by atoms with Crippen molar-refractivity contribution in [2.75, 3.05) is 74.7 Å². The fraction of sp³-hybridized carbons (Fsp3) is 0.438. The first-order chi connectivity index (χ1) is 31.7. The van der Waals surface area contributed by atoms with Crippen molar-refractivity contribution in [1.82, 2.24) is 34.9 Å². The Kier molecular flexibility index (Phi) is 13.6. The number of carbonyl (C=O) groups excluding carboxylic acids is 2. The Labute approximate surface area is 392 Å². The van der Waals surface area contributed by atoms with Gasteiger partial charge < -0.3 is 29.7 Å². The van der Waals surface area contributed by atoms with Crippen LogP contribution in [0.25, 0.3) is 11.1 Å². The topological polar surface area (TPSA) is 150 Å². The second-order valence-electron chi connectivity index (χ2n) is 18.3. The van der Waals surface area contributed by atoms with Crippen LogP contribution in [0.1, 0.15) is 62.0 Å². The molecule has 3 N–H and O–H groups in total. The number of aromatic nitrogens is 4. The number of piperazine rings is 1. The molecule has 4 aliphatic rings. The van der Waals surface area contributed by atoms with Crippen LogP contribution in [0.5, 0.6) is 5.75 Å². The number of rotatable bonds is 14. The van der Waals surface area contributed by atoms with E-state index in [1.807, 2.05) is 48.4 Å². The molecular weight excluding hydrogens is 929 g/mol. The molecule has 5 heterocycles. The van der Waals surface area contributed by atoms with Crippen LogP contribution < -0.4 is 30.9 Å². The van der Waals surface area contributed by atoms with Crippen molar-refractivity contribution in [1.29, 1.82) is 0 Å². The van der Waals surface area contributed by atoms with Crippen molar-refractivity contribution in [3.05, 3.63) is 94.4 Å². The van der Waals surface area contributed by atoms with Gasteiger partial charge in [0, 0.05) is 111 Å². The monoisotopic (exact) mass is 984 g/mol. The van der Waals surface area contributed by atoms with Gasteiger partial charge in [0.25, 0.3) is 0 Å². The van der Waals surface area contributed by atoms with E-state index in [0.717, 1.165) is 111 Å². The zero-order valence-electron chi connectivity index (χ0n) is 37.5. The number of nitrogens with zero attached hydrogens (tertiary/aromatic N) is 7. The lowest BCUT2D eigenvalue weighted by Crippen LogP contribution is -2.53. The summed E-state index contributed by atoms with van der Waals surface area (Å²) in [5.41, 5.74) is 4.87. The molecule has 348 valence electrons. The standard InChI is InChI=1S/C48H56BrF2N10O4P/c1-58-29-31(27-53-58)35-25-40(55-48-52-28-36(49)46(57-48)54-39-9-4-5-10-43(39)66(2,3)64)42(65-33-7-6-8-33)26-41(35)61-17-14-32(15-18-61)60-21-19-59(20-22-60)16-13-30-23-37(50)45(38(51)24-30)34-11-12-44(62)56-47(34)63/h4-5,9-10,23-29,32-34H,6-8,11-22H2,1-3H3,(H,56,62,63)(H2,52,54,55,57). The van der Waals surface area contributed by atoms with Gasteiger partial charge in [0.15, 0.2) is 0 Å². The smallest absolute Gasteiger partial charge is 0.234 e. The van der Waals surface area contributed by atoms with Crippen LogP contribution >= 0.6 is 23.1 Å². The van der Waals surface area contributed by atoms with Gasteiger partial charge in [-0.2, -0.15) is 10.1 Å². The SMILES string of the molecule is Cn1cc(-c2cc(Nc3ncc(Br)c(Nc4ccccc4P(C)(C)=O)n3)c(OC3CCC3)cc2N2CCC(N3CCN(CCc4cc(F)c(C5CCC(=O)NC5=O)c(F)c4)CC3)CC2)cn1. The predicted molar refractivity (Wildman–Crippen MR) is 257 cm³/mol. The molecule has 1 atom stereocenters. The van der Waals surface area contributed by atoms with Gasteiger partial charge in [0.05, 0.1) is 34.1 Å². The second kappa shape index (κ2) is 19.6. The van der Waals surface area contributed by atoms with E-state index >= 15 is 8.78 Å². The van der Waals surface area contributed by atoms with Gasteiger partial charge in [0.1, 0.15) is 30.3 Å². The first kappa shape index (κ1) is 45.9. The molecule has 66 heavy (non-hydrogen) atoms. The molecular formula is C48H56BrF2N10O4P. The molecule has 9 rings (SSSR count). The van der Waals surface area contributed by atoms with E-state index in [1.54, 1.807) is 19.5 Å². The maximum Gasteiger partial charge on any atom is 0.234 e. The second-order valence-corrected chi connectivity index (χ2v) is 22.3. The Morgan fingerprint density at radius 2 is 1.65 bits per heavy atom. The van der Waals surface area contributed by atoms with Gasteiger partial charge in [-0.15, -0.1) is 0 Å². The van der Waals surface area contributed by atoms with Crippen LogP contribution in [0.2, 0.25) is 0 Å². The maximum atomic E-state index is 15.2. The Morgan fingerprint density at radius 1 is 0.909 bits per heavy atom. The van der Waals surface area contributed by atoms with Crippen LogP contribution in [-0.2, 0) is 27.6 Å². The van der Waals surface area contributed by atoms with Crippen molar-refractivity contribution < 1.29 is 27.7 Å². The Bertz CT molecular complexity index is 2640. The number of hydrogen-bond donors (Lipinski definition) is 3. The molecule has 1 aliphatic carbocycles. The minimum atomic E-state index is -2.58. The number of amides is 2. The molecule has 3 saturated heterocycles. The number of ether oxygens (including phenoxy) is 1. The van der Waals surface area contributed by atoms with E-state index in [4.69, 9.17) is 9.72 Å². The lowest BCUT2D eigenvalue weighted by molar-refractivity contribution is -0.134. The number of benzene rings is 3. The zero-order chi connectivity index (χ0) is 46.1. The van der Waals surface area contributed by atoms with Gasteiger partial charge in [-0.25, -0.2) is 13.8 Å². The molecule has 1 saturated carbocycles. The summed E-state index contributed by atoms with van der Waals surface area (Å²) in [4.78, 5) is 40.8. The minimum Gasteiger partial charge on any atom is -0.488 e. The number of hydrogen-bond acceptors (Lipinski definition) is 12. The number of carbonyl (C=O) groups is 2. The van der Waals surface area contributed by atoms with Crippen molar-refractivity contribution in [3.8, 4) is 16.9 Å². The quantitative estimate of drug-likeness (QED) is 0.0733. The number of halogens is 3. The largest absolute Gasteiger partial charge is 0.488 e. The van der Waals surface area contributed by atoms with Gasteiger partial charge in [-0.05, 0) is 110 Å². The molecule has 0 bridgehead atoms. The molecule has 3 aromatic carbocycles. The maximum absolute atomic E-state index is 15.2. The molecule has 14 nitrogen and oxygen atoms in total. The van der Waals surface area contributed by atoms with Crippen LogP contribution in [0.4, 0.5) is 37.6 Å². The fourth-order valence-electron chi connectivity index (χ4n) is 9.49. The van der Waals surface area contributed by atoms with E-state index in [2.05, 4.69) is 68.8 Å². The number of nitrogens with one attached hydrogen (secondary N) is 3. The Hall–Kier alpha value is -5.22. The van der Waals surface area contributed by atoms with Crippen LogP contribution in [-0.4, -0.2) is 113 Å². The highest BCUT2D eigenvalue weighted by molar-refractivity contribution is 9.10. The summed E-state index contributed by atoms with van der Waals surface area (Å²) in [5.74, 6) is -1.89. The predicted octanol–water partition coefficient (Wildman–Crippen LogP) is 7.93. The summed E-state index contributed by atoms with van der Waals surface area (Å²) in [6.45, 7) is 9.50. The molecule has 0 spiro atoms. The number of aryl methyl sites for hydroxylation is 1. The van der Waals surface area contributed by atoms with E-state index in [1.165, 1.54) is 12.1 Å². The van der Waals surface area contributed by atoms with Crippen molar-refractivity contribution in [2.24, 2.45) is 7.05 Å². The van der Waals surface area contributed by atoms with E-state index in [-0.39, 0.29) is 24.5 Å². The van der Waals surface area contributed by atoms with E-state index < -0.39 is 36.5 Å². The molecule has 3 aliphatic heterocycles. The van der Waals surface area contributed by atoms with Crippen molar-refractivity contribution in [2.45, 2.75) is 69.4 Å². The lowest BCUT2D eigenvalue weighted by Gasteiger charge is -2.43. The van der Waals surface area contributed by atoms with Gasteiger partial charge in [0.2, 0.25) is 17.8 Å². The fourth-order valence-corrected chi connectivity index (χ4v) is 10.9. The average Bonchev–Trinajstić information content (AvgIpc) is 3.72. The summed E-state index contributed by atoms with van der Waals surface area (Å²) < 4.78 is 52.7. The highest BCUT2D eigenvalue weighted by atomic mass is 79.9. The highest BCUT2D eigenvalue weighted by Gasteiger charge is 2.34. The third kappa shape index (κ3) is 10.3. The van der Waals surface area contributed by atoms with E-state index in [9.17, 15) is 14.2 Å². The summed E-state index contributed by atoms with van der Waals surface area (Å²) in [6.07, 6.45) is 11.5. The summed E-state index contributed by atoms with van der Waals surface area (Å²) in [7, 11) is -0.656.